The molecule has 2 atom stereocenters. The van der Waals surface area contributed by atoms with E-state index in [9.17, 15) is 0 Å². The Kier molecular flexibility index (Phi) is 1.75. The largest absolute Gasteiger partial charge is 0.295 e. The van der Waals surface area contributed by atoms with E-state index in [0.717, 1.165) is 11.8 Å². The van der Waals surface area contributed by atoms with Gasteiger partial charge < -0.3 is 0 Å². The summed E-state index contributed by atoms with van der Waals surface area (Å²) in [4.78, 5) is 7.09. The van der Waals surface area contributed by atoms with Crippen LogP contribution in [-0.4, -0.2) is 13.3 Å². The summed E-state index contributed by atoms with van der Waals surface area (Å²) in [5.74, 6) is 1.77. The minimum atomic E-state index is 0.569. The van der Waals surface area contributed by atoms with Crippen LogP contribution in [0.5, 0.6) is 0 Å². The second-order valence-electron chi connectivity index (χ2n) is 5.41. The second kappa shape index (κ2) is 2.73. The average molecular weight is 219 g/mol. The fourth-order valence-corrected chi connectivity index (χ4v) is 4.55. The summed E-state index contributed by atoms with van der Waals surface area (Å²) in [5.41, 5.74) is 3.85. The number of hydrogen-bond acceptors (Lipinski definition) is 2. The van der Waals surface area contributed by atoms with Gasteiger partial charge in [-0.05, 0) is 41.7 Å². The lowest BCUT2D eigenvalue weighted by Gasteiger charge is -2.08. The SMILES string of the molecule is CN=Cc1sc(C)c2c1CC1C2C1(C)C. The maximum absolute atomic E-state index is 4.16. The van der Waals surface area contributed by atoms with Crippen LogP contribution in [0.2, 0.25) is 0 Å². The summed E-state index contributed by atoms with van der Waals surface area (Å²) < 4.78 is 0. The molecule has 2 aliphatic carbocycles. The lowest BCUT2D eigenvalue weighted by Crippen LogP contribution is -2.00. The van der Waals surface area contributed by atoms with Crippen molar-refractivity contribution in [3.05, 3.63) is 20.9 Å². The minimum absolute atomic E-state index is 0.569. The molecule has 0 radical (unpaired) electrons. The normalized spacial score (nSPS) is 30.7. The molecule has 1 saturated carbocycles. The maximum Gasteiger partial charge on any atom is 0.0486 e. The number of aryl methyl sites for hydroxylation is 1. The van der Waals surface area contributed by atoms with Crippen molar-refractivity contribution in [1.82, 2.24) is 0 Å². The number of thiophene rings is 1. The zero-order valence-electron chi connectivity index (χ0n) is 9.79. The summed E-state index contributed by atoms with van der Waals surface area (Å²) >= 11 is 1.92. The van der Waals surface area contributed by atoms with Gasteiger partial charge in [-0.15, -0.1) is 11.3 Å². The molecule has 2 unspecified atom stereocenters. The van der Waals surface area contributed by atoms with Crippen LogP contribution in [-0.2, 0) is 6.42 Å². The van der Waals surface area contributed by atoms with Gasteiger partial charge in [-0.3, -0.25) is 4.99 Å². The molecule has 1 heterocycles. The van der Waals surface area contributed by atoms with Gasteiger partial charge in [-0.2, -0.15) is 0 Å². The third-order valence-corrected chi connectivity index (χ3v) is 5.39. The summed E-state index contributed by atoms with van der Waals surface area (Å²) in [7, 11) is 1.86. The van der Waals surface area contributed by atoms with Gasteiger partial charge in [0, 0.05) is 23.0 Å². The smallest absolute Gasteiger partial charge is 0.0486 e. The van der Waals surface area contributed by atoms with Gasteiger partial charge in [0.25, 0.3) is 0 Å². The van der Waals surface area contributed by atoms with Crippen molar-refractivity contribution in [2.24, 2.45) is 16.3 Å². The molecule has 0 N–H and O–H groups in total. The van der Waals surface area contributed by atoms with Gasteiger partial charge in [-0.25, -0.2) is 0 Å². The van der Waals surface area contributed by atoms with E-state index < -0.39 is 0 Å². The van der Waals surface area contributed by atoms with Crippen LogP contribution >= 0.6 is 11.3 Å². The van der Waals surface area contributed by atoms with E-state index in [1.54, 1.807) is 11.1 Å². The zero-order valence-corrected chi connectivity index (χ0v) is 10.6. The molecule has 0 amide bonds. The second-order valence-corrected chi connectivity index (χ2v) is 6.67. The van der Waals surface area contributed by atoms with Crippen LogP contribution in [0.1, 0.15) is 40.6 Å². The van der Waals surface area contributed by atoms with Crippen LogP contribution in [0.25, 0.3) is 0 Å². The van der Waals surface area contributed by atoms with Gasteiger partial charge in [0.2, 0.25) is 0 Å². The Labute approximate surface area is 95.2 Å². The Morgan fingerprint density at radius 3 is 2.87 bits per heavy atom. The molecule has 0 spiro atoms. The number of fused-ring (bicyclic) bond motifs is 3. The van der Waals surface area contributed by atoms with E-state index in [0.29, 0.717) is 5.41 Å². The molecule has 0 saturated heterocycles. The van der Waals surface area contributed by atoms with Crippen molar-refractivity contribution in [2.45, 2.75) is 33.1 Å². The molecule has 1 aromatic rings. The third-order valence-electron chi connectivity index (χ3n) is 4.30. The third kappa shape index (κ3) is 1.06. The first-order valence-electron chi connectivity index (χ1n) is 5.61. The minimum Gasteiger partial charge on any atom is -0.295 e. The molecule has 0 aliphatic heterocycles. The summed E-state index contributed by atoms with van der Waals surface area (Å²) in [6, 6.07) is 0. The van der Waals surface area contributed by atoms with E-state index in [1.165, 1.54) is 16.2 Å². The molecule has 80 valence electrons. The van der Waals surface area contributed by atoms with Crippen LogP contribution < -0.4 is 0 Å². The molecule has 2 aliphatic rings. The number of aliphatic imine (C=N–C) groups is 1. The van der Waals surface area contributed by atoms with Crippen molar-refractivity contribution in [3.8, 4) is 0 Å². The highest BCUT2D eigenvalue weighted by Crippen LogP contribution is 2.71. The van der Waals surface area contributed by atoms with E-state index in [1.807, 2.05) is 24.6 Å². The van der Waals surface area contributed by atoms with Crippen molar-refractivity contribution in [1.29, 1.82) is 0 Å². The predicted molar refractivity (Wildman–Crippen MR) is 66.3 cm³/mol. The van der Waals surface area contributed by atoms with E-state index >= 15 is 0 Å². The van der Waals surface area contributed by atoms with Gasteiger partial charge in [0.15, 0.2) is 0 Å². The van der Waals surface area contributed by atoms with Gasteiger partial charge >= 0.3 is 0 Å². The molecule has 15 heavy (non-hydrogen) atoms. The topological polar surface area (TPSA) is 12.4 Å². The lowest BCUT2D eigenvalue weighted by molar-refractivity contribution is 0.541. The highest BCUT2D eigenvalue weighted by molar-refractivity contribution is 7.14. The number of nitrogens with zero attached hydrogens (tertiary/aromatic N) is 1. The summed E-state index contributed by atoms with van der Waals surface area (Å²) in [6.07, 6.45) is 3.33. The molecule has 0 aromatic carbocycles. The van der Waals surface area contributed by atoms with Gasteiger partial charge in [0.1, 0.15) is 0 Å². The van der Waals surface area contributed by atoms with E-state index in [4.69, 9.17) is 0 Å². The molecule has 0 bridgehead atoms. The molecule has 2 heteroatoms. The van der Waals surface area contributed by atoms with Crippen LogP contribution in [0.15, 0.2) is 4.99 Å². The molecule has 3 rings (SSSR count). The van der Waals surface area contributed by atoms with Crippen molar-refractivity contribution >= 4 is 17.6 Å². The fourth-order valence-electron chi connectivity index (χ4n) is 3.38. The van der Waals surface area contributed by atoms with Crippen LogP contribution in [0, 0.1) is 18.3 Å². The van der Waals surface area contributed by atoms with Gasteiger partial charge in [-0.1, -0.05) is 13.8 Å². The van der Waals surface area contributed by atoms with Crippen molar-refractivity contribution in [3.63, 3.8) is 0 Å². The van der Waals surface area contributed by atoms with E-state index in [2.05, 4.69) is 25.8 Å². The van der Waals surface area contributed by atoms with Crippen LogP contribution in [0.4, 0.5) is 0 Å². The maximum atomic E-state index is 4.16. The Balaban J connectivity index is 2.10. The molecule has 1 aromatic heterocycles. The molecular formula is C13H17NS. The Morgan fingerprint density at radius 2 is 2.20 bits per heavy atom. The highest BCUT2D eigenvalue weighted by Gasteiger charge is 2.63. The Morgan fingerprint density at radius 1 is 1.47 bits per heavy atom. The molecule has 1 nitrogen and oxygen atoms in total. The zero-order chi connectivity index (χ0) is 10.8. The van der Waals surface area contributed by atoms with Gasteiger partial charge in [0.05, 0.1) is 0 Å². The highest BCUT2D eigenvalue weighted by atomic mass is 32.1. The van der Waals surface area contributed by atoms with Crippen molar-refractivity contribution < 1.29 is 0 Å². The number of rotatable bonds is 1. The molecule has 1 fully saturated rings. The molecular weight excluding hydrogens is 202 g/mol. The fraction of sp³-hybridized carbons (Fsp3) is 0.615. The van der Waals surface area contributed by atoms with Crippen LogP contribution in [0.3, 0.4) is 0 Å². The Hall–Kier alpha value is -0.630. The standard InChI is InChI=1S/C13H17NS/c1-7-11-8(10(15-7)6-14-4)5-9-12(11)13(9,2)3/h6,9,12H,5H2,1-4H3. The predicted octanol–water partition coefficient (Wildman–Crippen LogP) is 3.40. The van der Waals surface area contributed by atoms with Crippen molar-refractivity contribution in [2.75, 3.05) is 7.05 Å². The summed E-state index contributed by atoms with van der Waals surface area (Å²) in [6.45, 7) is 7.10. The number of hydrogen-bond donors (Lipinski definition) is 0. The quantitative estimate of drug-likeness (QED) is 0.642. The Bertz CT molecular complexity index is 453. The lowest BCUT2D eigenvalue weighted by atomic mass is 9.95. The monoisotopic (exact) mass is 219 g/mol. The average Bonchev–Trinajstić information content (AvgIpc) is 2.54. The first kappa shape index (κ1) is 9.59. The first-order valence-corrected chi connectivity index (χ1v) is 6.43. The summed E-state index contributed by atoms with van der Waals surface area (Å²) in [5, 5.41) is 0. The first-order chi connectivity index (χ1) is 7.07. The van der Waals surface area contributed by atoms with E-state index in [-0.39, 0.29) is 0 Å².